The molecule has 0 saturated heterocycles. The Kier molecular flexibility index (Phi) is 8.20. The van der Waals surface area contributed by atoms with Crippen LogP contribution < -0.4 is 10.1 Å². The molecule has 1 amide bonds. The molecule has 38 heavy (non-hydrogen) atoms. The zero-order valence-electron chi connectivity index (χ0n) is 20.7. The van der Waals surface area contributed by atoms with Gasteiger partial charge >= 0.3 is 0 Å². The number of carbonyl (C=O) groups is 1. The lowest BCUT2D eigenvalue weighted by atomic mass is 10.1. The number of hydrogen-bond donors (Lipinski definition) is 2. The van der Waals surface area contributed by atoms with Crippen LogP contribution in [-0.4, -0.2) is 43.0 Å². The first-order chi connectivity index (χ1) is 18.0. The highest BCUT2D eigenvalue weighted by molar-refractivity contribution is 7.90. The van der Waals surface area contributed by atoms with Gasteiger partial charge in [-0.3, -0.25) is 4.79 Å². The van der Waals surface area contributed by atoms with Crippen LogP contribution in [0.3, 0.4) is 0 Å². The van der Waals surface area contributed by atoms with Gasteiger partial charge in [0.25, 0.3) is 5.91 Å². The minimum absolute atomic E-state index is 0.0565. The number of benzene rings is 3. The largest absolute Gasteiger partial charge is 0.491 e. The van der Waals surface area contributed by atoms with Crippen molar-refractivity contribution < 1.29 is 27.4 Å². The van der Waals surface area contributed by atoms with Crippen molar-refractivity contribution in [3.05, 3.63) is 101 Å². The van der Waals surface area contributed by atoms with Gasteiger partial charge in [0.2, 0.25) is 0 Å². The van der Waals surface area contributed by atoms with E-state index in [0.29, 0.717) is 38.8 Å². The van der Waals surface area contributed by atoms with Crippen LogP contribution in [-0.2, 0) is 16.4 Å². The van der Waals surface area contributed by atoms with Gasteiger partial charge in [-0.05, 0) is 67.1 Å². The summed E-state index contributed by atoms with van der Waals surface area (Å²) in [5.41, 5.74) is 2.79. The van der Waals surface area contributed by atoms with E-state index >= 15 is 0 Å². The van der Waals surface area contributed by atoms with E-state index < -0.39 is 21.8 Å². The van der Waals surface area contributed by atoms with Crippen molar-refractivity contribution in [3.8, 4) is 17.0 Å². The van der Waals surface area contributed by atoms with E-state index in [4.69, 9.17) is 16.3 Å². The molecule has 198 valence electrons. The number of aromatic nitrogens is 1. The zero-order valence-corrected chi connectivity index (χ0v) is 22.3. The summed E-state index contributed by atoms with van der Waals surface area (Å²) in [6, 6.07) is 18.6. The Morgan fingerprint density at radius 2 is 1.74 bits per heavy atom. The molecule has 0 spiro atoms. The molecule has 1 heterocycles. The number of sulfone groups is 1. The third-order valence-corrected chi connectivity index (χ3v) is 7.37. The monoisotopic (exact) mass is 556 g/mol. The van der Waals surface area contributed by atoms with Gasteiger partial charge in [0.1, 0.15) is 24.3 Å². The highest BCUT2D eigenvalue weighted by atomic mass is 35.5. The predicted octanol–water partition coefficient (Wildman–Crippen LogP) is 5.35. The lowest BCUT2D eigenvalue weighted by molar-refractivity contribution is 0.0927. The molecule has 0 bridgehead atoms. The van der Waals surface area contributed by atoms with Crippen LogP contribution in [0.25, 0.3) is 11.3 Å². The fourth-order valence-corrected chi connectivity index (χ4v) is 4.89. The highest BCUT2D eigenvalue weighted by Gasteiger charge is 2.22. The van der Waals surface area contributed by atoms with Crippen LogP contribution in [0.2, 0.25) is 5.02 Å². The van der Waals surface area contributed by atoms with E-state index in [2.05, 4.69) is 5.32 Å². The average molecular weight is 557 g/mol. The van der Waals surface area contributed by atoms with Gasteiger partial charge < -0.3 is 19.7 Å². The summed E-state index contributed by atoms with van der Waals surface area (Å²) < 4.78 is 43.9. The molecule has 0 aliphatic rings. The Morgan fingerprint density at radius 3 is 2.37 bits per heavy atom. The summed E-state index contributed by atoms with van der Waals surface area (Å²) in [5, 5.41) is 14.0. The first-order valence-corrected chi connectivity index (χ1v) is 13.9. The van der Waals surface area contributed by atoms with E-state index in [1.54, 1.807) is 29.8 Å². The summed E-state index contributed by atoms with van der Waals surface area (Å²) in [7, 11) is -3.36. The molecule has 3 aromatic carbocycles. The standard InChI is InChI=1S/C28H26ClFN2O5S/c1-18-25(28(34)31-20-9-13-23(14-10-20)38(2,35)36)16-32(27(18)24-5-3-4-6-26(24)29)15-21(33)17-37-22-11-7-19(30)8-12-22/h3-14,16,21,33H,15,17H2,1-2H3,(H,31,34)/t21-/m1/s1. The Hall–Kier alpha value is -3.66. The molecule has 1 atom stereocenters. The van der Waals surface area contributed by atoms with Gasteiger partial charge in [0, 0.05) is 28.7 Å². The molecule has 0 unspecified atom stereocenters. The maximum Gasteiger partial charge on any atom is 0.257 e. The van der Waals surface area contributed by atoms with Gasteiger partial charge in [-0.15, -0.1) is 0 Å². The number of nitrogens with zero attached hydrogens (tertiary/aromatic N) is 1. The fourth-order valence-electron chi connectivity index (χ4n) is 4.03. The predicted molar refractivity (Wildman–Crippen MR) is 145 cm³/mol. The topological polar surface area (TPSA) is 97.6 Å². The van der Waals surface area contributed by atoms with Crippen LogP contribution >= 0.6 is 11.6 Å². The quantitative estimate of drug-likeness (QED) is 0.289. The van der Waals surface area contributed by atoms with Crippen LogP contribution in [0.4, 0.5) is 10.1 Å². The molecular weight excluding hydrogens is 531 g/mol. The van der Waals surface area contributed by atoms with Gasteiger partial charge in [-0.1, -0.05) is 29.8 Å². The number of ether oxygens (including phenoxy) is 1. The van der Waals surface area contributed by atoms with Crippen LogP contribution in [0.5, 0.6) is 5.75 Å². The van der Waals surface area contributed by atoms with Gasteiger partial charge in [-0.2, -0.15) is 0 Å². The number of hydrogen-bond acceptors (Lipinski definition) is 5. The molecule has 0 saturated carbocycles. The van der Waals surface area contributed by atoms with E-state index in [1.165, 1.54) is 48.5 Å². The summed E-state index contributed by atoms with van der Waals surface area (Å²) >= 11 is 6.48. The normalized spacial score (nSPS) is 12.2. The molecule has 0 fully saturated rings. The maximum atomic E-state index is 13.2. The van der Waals surface area contributed by atoms with Crippen molar-refractivity contribution in [1.29, 1.82) is 0 Å². The maximum absolute atomic E-state index is 13.2. The lowest BCUT2D eigenvalue weighted by Gasteiger charge is -2.17. The van der Waals surface area contributed by atoms with Crippen molar-refractivity contribution in [2.45, 2.75) is 24.5 Å². The Balaban J connectivity index is 1.60. The molecule has 1 aromatic heterocycles. The molecule has 4 aromatic rings. The Morgan fingerprint density at radius 1 is 1.08 bits per heavy atom. The van der Waals surface area contributed by atoms with E-state index in [-0.39, 0.29) is 23.9 Å². The van der Waals surface area contributed by atoms with E-state index in [1.807, 2.05) is 12.1 Å². The number of aliphatic hydroxyl groups is 1. The highest BCUT2D eigenvalue weighted by Crippen LogP contribution is 2.33. The third kappa shape index (κ3) is 6.42. The van der Waals surface area contributed by atoms with E-state index in [0.717, 1.165) is 6.26 Å². The molecule has 10 heteroatoms. The van der Waals surface area contributed by atoms with Gasteiger partial charge in [-0.25, -0.2) is 12.8 Å². The Bertz CT molecular complexity index is 1550. The number of carbonyl (C=O) groups excluding carboxylic acids is 1. The first-order valence-electron chi connectivity index (χ1n) is 11.7. The zero-order chi connectivity index (χ0) is 27.4. The van der Waals surface area contributed by atoms with Crippen molar-refractivity contribution in [3.63, 3.8) is 0 Å². The average Bonchev–Trinajstić information content (AvgIpc) is 3.19. The van der Waals surface area contributed by atoms with Crippen molar-refractivity contribution in [2.24, 2.45) is 0 Å². The summed E-state index contributed by atoms with van der Waals surface area (Å²) in [4.78, 5) is 13.4. The second-order valence-electron chi connectivity index (χ2n) is 8.82. The number of aliphatic hydroxyl groups excluding tert-OH is 1. The van der Waals surface area contributed by atoms with Crippen LogP contribution in [0.15, 0.2) is 83.9 Å². The minimum Gasteiger partial charge on any atom is -0.491 e. The molecule has 0 aliphatic heterocycles. The van der Waals surface area contributed by atoms with Crippen molar-refractivity contribution >= 4 is 33.0 Å². The molecular formula is C28H26ClFN2O5S. The second-order valence-corrected chi connectivity index (χ2v) is 11.2. The summed E-state index contributed by atoms with van der Waals surface area (Å²) in [5.74, 6) is -0.372. The first kappa shape index (κ1) is 27.4. The van der Waals surface area contributed by atoms with Crippen molar-refractivity contribution in [1.82, 2.24) is 4.57 Å². The third-order valence-electron chi connectivity index (χ3n) is 5.91. The van der Waals surface area contributed by atoms with Crippen LogP contribution in [0.1, 0.15) is 15.9 Å². The summed E-state index contributed by atoms with van der Waals surface area (Å²) in [6.45, 7) is 1.83. The minimum atomic E-state index is -3.36. The molecule has 4 rings (SSSR count). The van der Waals surface area contributed by atoms with Gasteiger partial charge in [0.15, 0.2) is 9.84 Å². The number of anilines is 1. The molecule has 7 nitrogen and oxygen atoms in total. The van der Waals surface area contributed by atoms with Crippen LogP contribution in [0, 0.1) is 12.7 Å². The number of rotatable bonds is 9. The number of amides is 1. The number of nitrogens with one attached hydrogen (secondary N) is 1. The summed E-state index contributed by atoms with van der Waals surface area (Å²) in [6.07, 6.45) is 1.80. The molecule has 0 radical (unpaired) electrons. The lowest BCUT2D eigenvalue weighted by Crippen LogP contribution is -2.23. The number of halogens is 2. The smallest absolute Gasteiger partial charge is 0.257 e. The van der Waals surface area contributed by atoms with Gasteiger partial charge in [0.05, 0.1) is 22.7 Å². The second kappa shape index (κ2) is 11.4. The van der Waals surface area contributed by atoms with E-state index in [9.17, 15) is 22.7 Å². The van der Waals surface area contributed by atoms with Crippen molar-refractivity contribution in [2.75, 3.05) is 18.2 Å². The fraction of sp³-hybridized carbons (Fsp3) is 0.179. The Labute approximate surface area is 225 Å². The molecule has 0 aliphatic carbocycles. The molecule has 2 N–H and O–H groups in total. The SMILES string of the molecule is Cc1c(C(=O)Nc2ccc(S(C)(=O)=O)cc2)cn(C[C@@H](O)COc2ccc(F)cc2)c1-c1ccccc1Cl.